The van der Waals surface area contributed by atoms with E-state index in [2.05, 4.69) is 10.4 Å². The molecule has 1 amide bonds. The second kappa shape index (κ2) is 9.82. The van der Waals surface area contributed by atoms with Gasteiger partial charge in [-0.2, -0.15) is 0 Å². The number of halogens is 2. The minimum absolute atomic E-state index is 0.170. The molecule has 29 heavy (non-hydrogen) atoms. The van der Waals surface area contributed by atoms with Gasteiger partial charge < -0.3 is 14.8 Å². The topological polar surface area (TPSA) is 65.4 Å². The van der Waals surface area contributed by atoms with E-state index < -0.39 is 0 Å². The minimum atomic E-state index is -0.187. The van der Waals surface area contributed by atoms with Crippen LogP contribution in [0, 0.1) is 3.95 Å². The lowest BCUT2D eigenvalue weighted by atomic mass is 10.2. The maximum Gasteiger partial charge on any atom is 0.234 e. The standard InChI is InChI=1S/C18H15Cl2N3O3S3/c1-25-12-5-10(6-13(8-12)26-2)21-16(24)9-28-17-22-23(18(27)29-17)11-3-4-14(19)15(20)7-11/h3-8H,9H2,1-2H3,(H,21,24). The fourth-order valence-corrected chi connectivity index (χ4v) is 4.76. The van der Waals surface area contributed by atoms with E-state index in [0.29, 0.717) is 41.2 Å². The number of hydrogen-bond donors (Lipinski definition) is 1. The van der Waals surface area contributed by atoms with Gasteiger partial charge >= 0.3 is 0 Å². The number of thioether (sulfide) groups is 1. The van der Waals surface area contributed by atoms with E-state index in [1.165, 1.54) is 23.1 Å². The van der Waals surface area contributed by atoms with Crippen LogP contribution < -0.4 is 14.8 Å². The molecule has 3 rings (SSSR count). The Labute approximate surface area is 190 Å². The Balaban J connectivity index is 1.67. The van der Waals surface area contributed by atoms with Crippen molar-refractivity contribution in [1.29, 1.82) is 0 Å². The highest BCUT2D eigenvalue weighted by Gasteiger charge is 2.11. The van der Waals surface area contributed by atoms with Crippen molar-refractivity contribution in [2.24, 2.45) is 0 Å². The Kier molecular flexibility index (Phi) is 7.42. The normalized spacial score (nSPS) is 10.6. The van der Waals surface area contributed by atoms with Crippen molar-refractivity contribution in [3.8, 4) is 17.2 Å². The summed E-state index contributed by atoms with van der Waals surface area (Å²) >= 11 is 20.0. The molecular weight excluding hydrogens is 473 g/mol. The van der Waals surface area contributed by atoms with Crippen LogP contribution in [0.15, 0.2) is 40.7 Å². The first-order chi connectivity index (χ1) is 13.9. The van der Waals surface area contributed by atoms with Crippen molar-refractivity contribution in [3.05, 3.63) is 50.4 Å². The zero-order chi connectivity index (χ0) is 21.0. The van der Waals surface area contributed by atoms with Crippen LogP contribution in [-0.2, 0) is 4.79 Å². The monoisotopic (exact) mass is 487 g/mol. The molecule has 1 N–H and O–H groups in total. The molecule has 152 valence electrons. The number of amides is 1. The lowest BCUT2D eigenvalue weighted by Crippen LogP contribution is -2.14. The summed E-state index contributed by atoms with van der Waals surface area (Å²) in [4.78, 5) is 12.3. The van der Waals surface area contributed by atoms with Crippen LogP contribution in [0.5, 0.6) is 11.5 Å². The smallest absolute Gasteiger partial charge is 0.234 e. The highest BCUT2D eigenvalue weighted by Crippen LogP contribution is 2.29. The summed E-state index contributed by atoms with van der Waals surface area (Å²) in [5, 5.41) is 8.15. The Morgan fingerprint density at radius 1 is 1.17 bits per heavy atom. The molecule has 6 nitrogen and oxygen atoms in total. The van der Waals surface area contributed by atoms with Crippen molar-refractivity contribution in [1.82, 2.24) is 9.78 Å². The molecular formula is C18H15Cl2N3O3S3. The number of hydrogen-bond acceptors (Lipinski definition) is 7. The summed E-state index contributed by atoms with van der Waals surface area (Å²) < 4.78 is 13.2. The molecule has 11 heteroatoms. The lowest BCUT2D eigenvalue weighted by molar-refractivity contribution is -0.113. The SMILES string of the molecule is COc1cc(NC(=O)CSc2nn(-c3ccc(Cl)c(Cl)c3)c(=S)s2)cc(OC)c1. The van der Waals surface area contributed by atoms with Gasteiger partial charge in [-0.25, -0.2) is 4.68 Å². The lowest BCUT2D eigenvalue weighted by Gasteiger charge is -2.09. The number of nitrogens with zero attached hydrogens (tertiary/aromatic N) is 2. The van der Waals surface area contributed by atoms with Gasteiger partial charge in [0.2, 0.25) is 5.91 Å². The second-order valence-corrected chi connectivity index (χ2v) is 9.24. The molecule has 0 bridgehead atoms. The number of nitrogens with one attached hydrogen (secondary N) is 1. The quantitative estimate of drug-likeness (QED) is 0.339. The maximum absolute atomic E-state index is 12.3. The van der Waals surface area contributed by atoms with E-state index in [4.69, 9.17) is 44.9 Å². The van der Waals surface area contributed by atoms with Gasteiger partial charge in [0.1, 0.15) is 11.5 Å². The third-order valence-corrected chi connectivity index (χ3v) is 6.74. The highest BCUT2D eigenvalue weighted by atomic mass is 35.5. The molecule has 3 aromatic rings. The summed E-state index contributed by atoms with van der Waals surface area (Å²) in [5.74, 6) is 1.16. The first-order valence-corrected chi connectivity index (χ1v) is 11.1. The van der Waals surface area contributed by atoms with E-state index in [-0.39, 0.29) is 11.7 Å². The van der Waals surface area contributed by atoms with Gasteiger partial charge in [0.05, 0.1) is 35.7 Å². The van der Waals surface area contributed by atoms with Crippen LogP contribution in [0.25, 0.3) is 5.69 Å². The summed E-state index contributed by atoms with van der Waals surface area (Å²) in [6.45, 7) is 0. The maximum atomic E-state index is 12.3. The van der Waals surface area contributed by atoms with E-state index in [9.17, 15) is 4.79 Å². The number of methoxy groups -OCH3 is 2. The molecule has 1 heterocycles. The number of aromatic nitrogens is 2. The Hall–Kier alpha value is -1.78. The van der Waals surface area contributed by atoms with E-state index in [1.807, 2.05) is 0 Å². The van der Waals surface area contributed by atoms with Gasteiger partial charge in [-0.15, -0.1) is 5.10 Å². The third-order valence-electron chi connectivity index (χ3n) is 3.64. The molecule has 2 aromatic carbocycles. The average Bonchev–Trinajstić information content (AvgIpc) is 3.08. The zero-order valence-electron chi connectivity index (χ0n) is 15.3. The summed E-state index contributed by atoms with van der Waals surface area (Å²) in [5.41, 5.74) is 1.29. The van der Waals surface area contributed by atoms with Crippen LogP contribution in [0.2, 0.25) is 10.0 Å². The number of carbonyl (C=O) groups is 1. The Morgan fingerprint density at radius 3 is 2.48 bits per heavy atom. The van der Waals surface area contributed by atoms with Crippen molar-refractivity contribution >= 4 is 70.1 Å². The highest BCUT2D eigenvalue weighted by molar-refractivity contribution is 8.01. The van der Waals surface area contributed by atoms with Crippen molar-refractivity contribution in [2.45, 2.75) is 4.34 Å². The summed E-state index contributed by atoms with van der Waals surface area (Å²) in [7, 11) is 3.10. The number of ether oxygens (including phenoxy) is 2. The Morgan fingerprint density at radius 2 is 1.86 bits per heavy atom. The Bertz CT molecular complexity index is 1080. The van der Waals surface area contributed by atoms with Crippen molar-refractivity contribution in [3.63, 3.8) is 0 Å². The molecule has 0 aliphatic carbocycles. The van der Waals surface area contributed by atoms with Gasteiger partial charge in [-0.1, -0.05) is 46.3 Å². The zero-order valence-corrected chi connectivity index (χ0v) is 19.2. The van der Waals surface area contributed by atoms with Gasteiger partial charge in [-0.05, 0) is 30.4 Å². The van der Waals surface area contributed by atoms with Gasteiger partial charge in [0.15, 0.2) is 8.29 Å². The van der Waals surface area contributed by atoms with Crippen molar-refractivity contribution < 1.29 is 14.3 Å². The average molecular weight is 488 g/mol. The van der Waals surface area contributed by atoms with E-state index >= 15 is 0 Å². The molecule has 0 aliphatic heterocycles. The first kappa shape index (κ1) is 21.9. The van der Waals surface area contributed by atoms with E-state index in [1.54, 1.807) is 55.3 Å². The van der Waals surface area contributed by atoms with E-state index in [0.717, 1.165) is 0 Å². The summed E-state index contributed by atoms with van der Waals surface area (Å²) in [6.07, 6.45) is 0. The number of anilines is 1. The number of benzene rings is 2. The van der Waals surface area contributed by atoms with Crippen LogP contribution >= 0.6 is 58.5 Å². The largest absolute Gasteiger partial charge is 0.497 e. The van der Waals surface area contributed by atoms with Crippen LogP contribution in [0.1, 0.15) is 0 Å². The molecule has 0 aliphatic rings. The molecule has 0 radical (unpaired) electrons. The molecule has 0 unspecified atom stereocenters. The van der Waals surface area contributed by atoms with Gasteiger partial charge in [0.25, 0.3) is 0 Å². The van der Waals surface area contributed by atoms with Crippen LogP contribution in [-0.4, -0.2) is 35.7 Å². The molecule has 0 fully saturated rings. The predicted octanol–water partition coefficient (Wildman–Crippen LogP) is 5.72. The van der Waals surface area contributed by atoms with Crippen LogP contribution in [0.4, 0.5) is 5.69 Å². The molecule has 0 saturated carbocycles. The van der Waals surface area contributed by atoms with Crippen molar-refractivity contribution in [2.75, 3.05) is 25.3 Å². The van der Waals surface area contributed by atoms with Crippen LogP contribution in [0.3, 0.4) is 0 Å². The summed E-state index contributed by atoms with van der Waals surface area (Å²) in [6, 6.07) is 10.3. The molecule has 0 saturated heterocycles. The molecule has 0 spiro atoms. The minimum Gasteiger partial charge on any atom is -0.497 e. The third kappa shape index (κ3) is 5.64. The molecule has 1 aromatic heterocycles. The van der Waals surface area contributed by atoms with Gasteiger partial charge in [-0.3, -0.25) is 4.79 Å². The number of rotatable bonds is 7. The first-order valence-electron chi connectivity index (χ1n) is 8.11. The fourth-order valence-electron chi connectivity index (χ4n) is 2.30. The fraction of sp³-hybridized carbons (Fsp3) is 0.167. The molecule has 0 atom stereocenters. The second-order valence-electron chi connectivity index (χ2n) is 5.58. The predicted molar refractivity (Wildman–Crippen MR) is 121 cm³/mol. The number of carbonyl (C=O) groups excluding carboxylic acids is 1. The van der Waals surface area contributed by atoms with Gasteiger partial charge in [0, 0.05) is 23.9 Å².